The molecule has 0 saturated carbocycles. The van der Waals surface area contributed by atoms with Crippen LogP contribution in [-0.4, -0.2) is 65.4 Å². The van der Waals surface area contributed by atoms with Gasteiger partial charge < -0.3 is 14.7 Å². The summed E-state index contributed by atoms with van der Waals surface area (Å²) in [5.74, 6) is 0.0845. The smallest absolute Gasteiger partial charge is 0.389 e. The molecule has 9 heteroatoms. The molecule has 0 bridgehead atoms. The summed E-state index contributed by atoms with van der Waals surface area (Å²) in [7, 11) is 0. The summed E-state index contributed by atoms with van der Waals surface area (Å²) in [5, 5.41) is 10.2. The van der Waals surface area contributed by atoms with E-state index < -0.39 is 18.0 Å². The molecule has 6 nitrogen and oxygen atoms in total. The molecule has 28 heavy (non-hydrogen) atoms. The van der Waals surface area contributed by atoms with E-state index in [1.165, 1.54) is 0 Å². The van der Waals surface area contributed by atoms with E-state index in [2.05, 4.69) is 14.9 Å². The number of aliphatic hydroxyl groups excluding tert-OH is 1. The number of nitrogens with zero attached hydrogens (tertiary/aromatic N) is 4. The largest absolute Gasteiger partial charge is 0.433 e. The van der Waals surface area contributed by atoms with Gasteiger partial charge in [-0.05, 0) is 11.6 Å². The Bertz CT molecular complexity index is 737. The summed E-state index contributed by atoms with van der Waals surface area (Å²) in [6.45, 7) is 3.33. The maximum Gasteiger partial charge on any atom is 0.433 e. The van der Waals surface area contributed by atoms with Gasteiger partial charge in [-0.15, -0.1) is 0 Å². The summed E-state index contributed by atoms with van der Waals surface area (Å²) >= 11 is 0. The van der Waals surface area contributed by atoms with Crippen molar-refractivity contribution in [3.8, 4) is 0 Å². The lowest BCUT2D eigenvalue weighted by molar-refractivity contribution is -0.141. The van der Waals surface area contributed by atoms with Gasteiger partial charge in [0.15, 0.2) is 0 Å². The van der Waals surface area contributed by atoms with E-state index in [4.69, 9.17) is 4.74 Å². The van der Waals surface area contributed by atoms with Gasteiger partial charge in [0, 0.05) is 38.9 Å². The summed E-state index contributed by atoms with van der Waals surface area (Å²) in [6.07, 6.45) is -3.98. The van der Waals surface area contributed by atoms with Crippen LogP contribution in [0.15, 0.2) is 42.6 Å². The first-order valence-corrected chi connectivity index (χ1v) is 9.09. The van der Waals surface area contributed by atoms with Crippen molar-refractivity contribution in [2.45, 2.75) is 18.9 Å². The van der Waals surface area contributed by atoms with Crippen molar-refractivity contribution in [1.82, 2.24) is 14.9 Å². The molecule has 0 spiro atoms. The number of aliphatic hydroxyl groups is 1. The second-order valence-corrected chi connectivity index (χ2v) is 6.68. The van der Waals surface area contributed by atoms with Crippen LogP contribution in [0.4, 0.5) is 19.1 Å². The minimum atomic E-state index is -4.48. The molecule has 1 aliphatic rings. The van der Waals surface area contributed by atoms with Crippen molar-refractivity contribution in [2.24, 2.45) is 0 Å². The highest BCUT2D eigenvalue weighted by Crippen LogP contribution is 2.28. The lowest BCUT2D eigenvalue weighted by atomic mass is 10.2. The van der Waals surface area contributed by atoms with Crippen LogP contribution in [0.2, 0.25) is 0 Å². The van der Waals surface area contributed by atoms with Crippen LogP contribution in [-0.2, 0) is 17.5 Å². The molecule has 1 saturated heterocycles. The monoisotopic (exact) mass is 396 g/mol. The van der Waals surface area contributed by atoms with Gasteiger partial charge in [0.25, 0.3) is 0 Å². The van der Waals surface area contributed by atoms with Crippen molar-refractivity contribution < 1.29 is 23.0 Å². The first-order chi connectivity index (χ1) is 13.4. The number of hydrogen-bond donors (Lipinski definition) is 1. The van der Waals surface area contributed by atoms with Gasteiger partial charge in [-0.2, -0.15) is 13.2 Å². The molecule has 1 atom stereocenters. The second kappa shape index (κ2) is 9.31. The zero-order valence-corrected chi connectivity index (χ0v) is 15.3. The van der Waals surface area contributed by atoms with Gasteiger partial charge in [-0.1, -0.05) is 30.3 Å². The maximum absolute atomic E-state index is 12.8. The number of anilines is 1. The lowest BCUT2D eigenvalue weighted by Gasteiger charge is -2.35. The normalized spacial score (nSPS) is 16.9. The number of piperazine rings is 1. The zero-order valence-electron chi connectivity index (χ0n) is 15.3. The molecule has 3 rings (SSSR count). The summed E-state index contributed by atoms with van der Waals surface area (Å²) in [5.41, 5.74) is 0.107. The lowest BCUT2D eigenvalue weighted by Crippen LogP contribution is -2.49. The molecular weight excluding hydrogens is 373 g/mol. The molecule has 1 unspecified atom stereocenters. The number of benzene rings is 1. The molecule has 1 fully saturated rings. The van der Waals surface area contributed by atoms with Crippen molar-refractivity contribution in [1.29, 1.82) is 0 Å². The van der Waals surface area contributed by atoms with E-state index in [0.29, 0.717) is 39.3 Å². The summed E-state index contributed by atoms with van der Waals surface area (Å²) in [6, 6.07) is 10.6. The number of β-amino-alcohol motifs (C(OH)–C–C–N with tert-alkyl or cyclic N) is 1. The average Bonchev–Trinajstić information content (AvgIpc) is 2.69. The Labute approximate surface area is 161 Å². The fourth-order valence-electron chi connectivity index (χ4n) is 3.03. The van der Waals surface area contributed by atoms with E-state index in [9.17, 15) is 18.3 Å². The van der Waals surface area contributed by atoms with Crippen LogP contribution in [0.1, 0.15) is 11.3 Å². The Balaban J connectivity index is 1.41. The Morgan fingerprint density at radius 3 is 2.46 bits per heavy atom. The number of hydrogen-bond acceptors (Lipinski definition) is 6. The third-order valence-corrected chi connectivity index (χ3v) is 4.48. The number of alkyl halides is 3. The minimum Gasteiger partial charge on any atom is -0.389 e. The minimum absolute atomic E-state index is 0.0845. The predicted octanol–water partition coefficient (Wildman–Crippen LogP) is 2.20. The number of aromatic nitrogens is 2. The van der Waals surface area contributed by atoms with Gasteiger partial charge in [-0.3, -0.25) is 4.90 Å². The third-order valence-electron chi connectivity index (χ3n) is 4.48. The molecule has 1 aromatic heterocycles. The first-order valence-electron chi connectivity index (χ1n) is 9.09. The molecule has 1 aromatic carbocycles. The van der Waals surface area contributed by atoms with Crippen molar-refractivity contribution >= 4 is 5.95 Å². The van der Waals surface area contributed by atoms with Crippen LogP contribution < -0.4 is 4.90 Å². The van der Waals surface area contributed by atoms with Crippen LogP contribution in [0.5, 0.6) is 0 Å². The van der Waals surface area contributed by atoms with E-state index in [-0.39, 0.29) is 12.6 Å². The topological polar surface area (TPSA) is 61.7 Å². The van der Waals surface area contributed by atoms with E-state index >= 15 is 0 Å². The number of rotatable bonds is 7. The van der Waals surface area contributed by atoms with Crippen LogP contribution >= 0.6 is 0 Å². The van der Waals surface area contributed by atoms with Gasteiger partial charge >= 0.3 is 6.18 Å². The molecular formula is C19H23F3N4O2. The molecule has 2 heterocycles. The number of halogens is 3. The SMILES string of the molecule is OC(COCc1ccccc1)CN1CCN(c2nccc(C(F)(F)F)n2)CC1. The first kappa shape index (κ1) is 20.5. The third kappa shape index (κ3) is 5.88. The second-order valence-electron chi connectivity index (χ2n) is 6.68. The van der Waals surface area contributed by atoms with Crippen LogP contribution in [0.3, 0.4) is 0 Å². The molecule has 1 N–H and O–H groups in total. The Morgan fingerprint density at radius 2 is 1.79 bits per heavy atom. The fraction of sp³-hybridized carbons (Fsp3) is 0.474. The average molecular weight is 396 g/mol. The molecule has 2 aromatic rings. The van der Waals surface area contributed by atoms with Gasteiger partial charge in [0.05, 0.1) is 19.3 Å². The summed E-state index contributed by atoms with van der Waals surface area (Å²) < 4.78 is 43.9. The van der Waals surface area contributed by atoms with Gasteiger partial charge in [0.1, 0.15) is 5.69 Å². The zero-order chi connectivity index (χ0) is 20.0. The molecule has 0 aliphatic carbocycles. The van der Waals surface area contributed by atoms with Crippen molar-refractivity contribution in [3.63, 3.8) is 0 Å². The van der Waals surface area contributed by atoms with Gasteiger partial charge in [-0.25, -0.2) is 9.97 Å². The highest BCUT2D eigenvalue weighted by Gasteiger charge is 2.33. The standard InChI is InChI=1S/C19H23F3N4O2/c20-19(21,22)17-6-7-23-18(24-17)26-10-8-25(9-11-26)12-16(27)14-28-13-15-4-2-1-3-5-15/h1-7,16,27H,8-14H2. The fourth-order valence-corrected chi connectivity index (χ4v) is 3.03. The Hall–Kier alpha value is -2.23. The van der Waals surface area contributed by atoms with Crippen LogP contribution in [0, 0.1) is 0 Å². The predicted molar refractivity (Wildman–Crippen MR) is 97.8 cm³/mol. The Kier molecular flexibility index (Phi) is 6.82. The van der Waals surface area contributed by atoms with E-state index in [1.54, 1.807) is 4.90 Å². The van der Waals surface area contributed by atoms with Crippen molar-refractivity contribution in [3.05, 3.63) is 53.9 Å². The quantitative estimate of drug-likeness (QED) is 0.774. The van der Waals surface area contributed by atoms with Crippen LogP contribution in [0.25, 0.3) is 0 Å². The molecule has 0 amide bonds. The molecule has 1 aliphatic heterocycles. The number of ether oxygens (including phenoxy) is 1. The molecule has 152 valence electrons. The Morgan fingerprint density at radius 1 is 1.07 bits per heavy atom. The highest BCUT2D eigenvalue weighted by molar-refractivity contribution is 5.31. The van der Waals surface area contributed by atoms with Gasteiger partial charge in [0.2, 0.25) is 5.95 Å². The van der Waals surface area contributed by atoms with E-state index in [1.807, 2.05) is 30.3 Å². The highest BCUT2D eigenvalue weighted by atomic mass is 19.4. The summed E-state index contributed by atoms with van der Waals surface area (Å²) in [4.78, 5) is 11.4. The molecule has 0 radical (unpaired) electrons. The van der Waals surface area contributed by atoms with E-state index in [0.717, 1.165) is 17.8 Å². The maximum atomic E-state index is 12.8. The van der Waals surface area contributed by atoms with Crippen molar-refractivity contribution in [2.75, 3.05) is 44.2 Å².